The van der Waals surface area contributed by atoms with Crippen molar-refractivity contribution in [3.63, 3.8) is 0 Å². The lowest BCUT2D eigenvalue weighted by Crippen LogP contribution is -2.32. The number of likely N-dealkylation sites (tertiary alicyclic amines) is 1. The summed E-state index contributed by atoms with van der Waals surface area (Å²) in [5.74, 6) is 0.109. The Hall–Kier alpha value is -2.47. The summed E-state index contributed by atoms with van der Waals surface area (Å²) in [4.78, 5) is 29.1. The molecule has 1 aromatic carbocycles. The van der Waals surface area contributed by atoms with E-state index >= 15 is 0 Å². The van der Waals surface area contributed by atoms with Crippen molar-refractivity contribution in [3.8, 4) is 0 Å². The molecule has 1 fully saturated rings. The summed E-state index contributed by atoms with van der Waals surface area (Å²) in [6, 6.07) is 13.6. The Balaban J connectivity index is 1.48. The largest absolute Gasteiger partial charge is 0.352 e. The Bertz CT molecular complexity index is 804. The number of rotatable bonds is 6. The molecular weight excluding hydrogens is 334 g/mol. The molecule has 0 aliphatic carbocycles. The molecule has 5 nitrogen and oxygen atoms in total. The van der Waals surface area contributed by atoms with E-state index in [1.54, 1.807) is 18.3 Å². The minimum absolute atomic E-state index is 0.147. The van der Waals surface area contributed by atoms with Crippen molar-refractivity contribution in [1.82, 2.24) is 15.2 Å². The third-order valence-corrected chi connectivity index (χ3v) is 4.76. The molecule has 6 heteroatoms. The van der Waals surface area contributed by atoms with E-state index in [4.69, 9.17) is 12.2 Å². The highest BCUT2D eigenvalue weighted by atomic mass is 32.1. The summed E-state index contributed by atoms with van der Waals surface area (Å²) in [5.41, 5.74) is 1.69. The summed E-state index contributed by atoms with van der Waals surface area (Å²) in [6.07, 6.45) is 3.03. The number of pyridine rings is 1. The Morgan fingerprint density at radius 2 is 2.04 bits per heavy atom. The van der Waals surface area contributed by atoms with Gasteiger partial charge in [0.1, 0.15) is 4.64 Å². The third kappa shape index (κ3) is 4.54. The van der Waals surface area contributed by atoms with Gasteiger partial charge in [0.15, 0.2) is 0 Å². The van der Waals surface area contributed by atoms with E-state index in [0.717, 1.165) is 13.0 Å². The molecule has 1 atom stereocenters. The highest BCUT2D eigenvalue weighted by Crippen LogP contribution is 2.18. The first-order valence-corrected chi connectivity index (χ1v) is 8.82. The summed E-state index contributed by atoms with van der Waals surface area (Å²) < 4.78 is 0.423. The minimum atomic E-state index is -0.197. The van der Waals surface area contributed by atoms with Gasteiger partial charge in [-0.25, -0.2) is 0 Å². The van der Waals surface area contributed by atoms with Gasteiger partial charge in [0, 0.05) is 38.2 Å². The number of nitrogens with one attached hydrogen (secondary N) is 2. The van der Waals surface area contributed by atoms with Crippen LogP contribution in [0.15, 0.2) is 48.7 Å². The number of aromatic amines is 1. The second-order valence-corrected chi connectivity index (χ2v) is 6.68. The van der Waals surface area contributed by atoms with Crippen molar-refractivity contribution < 1.29 is 9.59 Å². The summed E-state index contributed by atoms with van der Waals surface area (Å²) in [7, 11) is 0. The summed E-state index contributed by atoms with van der Waals surface area (Å²) >= 11 is 5.12. The lowest BCUT2D eigenvalue weighted by molar-refractivity contribution is -0.127. The van der Waals surface area contributed by atoms with Gasteiger partial charge in [-0.1, -0.05) is 42.5 Å². The minimum Gasteiger partial charge on any atom is -0.352 e. The molecule has 25 heavy (non-hydrogen) atoms. The molecule has 2 amide bonds. The molecule has 1 aliphatic rings. The fourth-order valence-electron chi connectivity index (χ4n) is 3.05. The van der Waals surface area contributed by atoms with Crippen molar-refractivity contribution >= 4 is 24.0 Å². The predicted molar refractivity (Wildman–Crippen MR) is 98.8 cm³/mol. The average Bonchev–Trinajstić information content (AvgIpc) is 2.99. The smallest absolute Gasteiger partial charge is 0.254 e. The average molecular weight is 355 g/mol. The van der Waals surface area contributed by atoms with Crippen molar-refractivity contribution in [1.29, 1.82) is 0 Å². The van der Waals surface area contributed by atoms with Gasteiger partial charge in [0.25, 0.3) is 5.91 Å². The van der Waals surface area contributed by atoms with Crippen LogP contribution in [0.1, 0.15) is 22.3 Å². The first kappa shape index (κ1) is 17.4. The zero-order valence-corrected chi connectivity index (χ0v) is 14.7. The number of carbonyl (C=O) groups excluding carboxylic acids is 2. The molecular formula is C19H21N3O2S. The number of aromatic nitrogens is 1. The fourth-order valence-corrected chi connectivity index (χ4v) is 3.28. The molecule has 0 saturated carbocycles. The number of benzene rings is 1. The van der Waals surface area contributed by atoms with E-state index in [1.807, 2.05) is 23.1 Å². The van der Waals surface area contributed by atoms with Crippen molar-refractivity contribution in [2.45, 2.75) is 12.8 Å². The SMILES string of the molecule is O=C(NCC1CC(=O)N(CCc2ccccc2)C1)c1ccc[nH]c1=S. The van der Waals surface area contributed by atoms with Crippen LogP contribution in [-0.2, 0) is 11.2 Å². The number of amides is 2. The van der Waals surface area contributed by atoms with Gasteiger partial charge in [-0.05, 0) is 24.1 Å². The van der Waals surface area contributed by atoms with Crippen LogP contribution >= 0.6 is 12.2 Å². The van der Waals surface area contributed by atoms with Crippen molar-refractivity contribution in [2.24, 2.45) is 5.92 Å². The molecule has 2 N–H and O–H groups in total. The van der Waals surface area contributed by atoms with Crippen LogP contribution in [0.4, 0.5) is 0 Å². The van der Waals surface area contributed by atoms with E-state index in [9.17, 15) is 9.59 Å². The molecule has 130 valence electrons. The van der Waals surface area contributed by atoms with E-state index in [0.29, 0.717) is 29.7 Å². The van der Waals surface area contributed by atoms with Crippen LogP contribution in [0.25, 0.3) is 0 Å². The number of carbonyl (C=O) groups is 2. The monoisotopic (exact) mass is 355 g/mol. The lowest BCUT2D eigenvalue weighted by atomic mass is 10.1. The first-order valence-electron chi connectivity index (χ1n) is 8.41. The van der Waals surface area contributed by atoms with Gasteiger partial charge >= 0.3 is 0 Å². The van der Waals surface area contributed by atoms with Gasteiger partial charge < -0.3 is 15.2 Å². The van der Waals surface area contributed by atoms with Gasteiger partial charge in [-0.3, -0.25) is 9.59 Å². The second-order valence-electron chi connectivity index (χ2n) is 6.27. The number of hydrogen-bond donors (Lipinski definition) is 2. The number of hydrogen-bond acceptors (Lipinski definition) is 3. The highest BCUT2D eigenvalue weighted by molar-refractivity contribution is 7.71. The van der Waals surface area contributed by atoms with Crippen LogP contribution in [0.3, 0.4) is 0 Å². The van der Waals surface area contributed by atoms with Crippen LogP contribution in [0.2, 0.25) is 0 Å². The molecule has 1 unspecified atom stereocenters. The van der Waals surface area contributed by atoms with E-state index in [2.05, 4.69) is 22.4 Å². The molecule has 0 spiro atoms. The molecule has 1 saturated heterocycles. The fraction of sp³-hybridized carbons (Fsp3) is 0.316. The maximum absolute atomic E-state index is 12.2. The normalized spacial score (nSPS) is 16.9. The molecule has 2 heterocycles. The van der Waals surface area contributed by atoms with Gasteiger partial charge in [0.05, 0.1) is 5.56 Å². The summed E-state index contributed by atoms with van der Waals surface area (Å²) in [5, 5.41) is 2.89. The molecule has 1 aliphatic heterocycles. The zero-order valence-electron chi connectivity index (χ0n) is 13.9. The van der Waals surface area contributed by atoms with Crippen LogP contribution in [0, 0.1) is 10.6 Å². The predicted octanol–water partition coefficient (Wildman–Crippen LogP) is 2.57. The molecule has 2 aromatic rings. The second kappa shape index (κ2) is 8.07. The van der Waals surface area contributed by atoms with Crippen molar-refractivity contribution in [3.05, 3.63) is 64.4 Å². The van der Waals surface area contributed by atoms with Gasteiger partial charge in [-0.2, -0.15) is 0 Å². The Morgan fingerprint density at radius 1 is 1.24 bits per heavy atom. The Labute approximate surface area is 152 Å². The Kier molecular flexibility index (Phi) is 5.60. The van der Waals surface area contributed by atoms with Gasteiger partial charge in [-0.15, -0.1) is 0 Å². The highest BCUT2D eigenvalue weighted by Gasteiger charge is 2.29. The van der Waals surface area contributed by atoms with E-state index < -0.39 is 0 Å². The maximum Gasteiger partial charge on any atom is 0.254 e. The maximum atomic E-state index is 12.2. The molecule has 1 aromatic heterocycles. The van der Waals surface area contributed by atoms with Crippen molar-refractivity contribution in [2.75, 3.05) is 19.6 Å². The number of H-pyrrole nitrogens is 1. The Morgan fingerprint density at radius 3 is 2.80 bits per heavy atom. The van der Waals surface area contributed by atoms with Crippen LogP contribution < -0.4 is 5.32 Å². The van der Waals surface area contributed by atoms with Crippen LogP contribution in [0.5, 0.6) is 0 Å². The molecule has 0 radical (unpaired) electrons. The summed E-state index contributed by atoms with van der Waals surface area (Å²) in [6.45, 7) is 1.89. The lowest BCUT2D eigenvalue weighted by Gasteiger charge is -2.17. The first-order chi connectivity index (χ1) is 12.1. The quantitative estimate of drug-likeness (QED) is 0.783. The van der Waals surface area contributed by atoms with Crippen LogP contribution in [-0.4, -0.2) is 41.3 Å². The molecule has 0 bridgehead atoms. The van der Waals surface area contributed by atoms with E-state index in [1.165, 1.54) is 5.56 Å². The van der Waals surface area contributed by atoms with E-state index in [-0.39, 0.29) is 17.7 Å². The number of nitrogens with zero attached hydrogens (tertiary/aromatic N) is 1. The zero-order chi connectivity index (χ0) is 17.6. The topological polar surface area (TPSA) is 65.2 Å². The third-order valence-electron chi connectivity index (χ3n) is 4.42. The standard InChI is InChI=1S/C19H21N3O2S/c23-17-11-15(12-21-18(24)16-7-4-9-20-19(16)25)13-22(17)10-8-14-5-2-1-3-6-14/h1-7,9,15H,8,10-13H2,(H,20,25)(H,21,24). The van der Waals surface area contributed by atoms with Gasteiger partial charge in [0.2, 0.25) is 5.91 Å². The molecule has 3 rings (SSSR count).